The van der Waals surface area contributed by atoms with E-state index in [1.165, 1.54) is 5.56 Å². The van der Waals surface area contributed by atoms with Gasteiger partial charge in [-0.05, 0) is 37.8 Å². The number of aromatic nitrogens is 2. The van der Waals surface area contributed by atoms with Crippen LogP contribution in [0.1, 0.15) is 61.9 Å². The maximum atomic E-state index is 6.09. The van der Waals surface area contributed by atoms with E-state index in [4.69, 9.17) is 14.0 Å². The maximum Gasteiger partial charge on any atom is 0.226 e. The van der Waals surface area contributed by atoms with Crippen LogP contribution in [0.5, 0.6) is 5.75 Å². The molecule has 1 fully saturated rings. The van der Waals surface area contributed by atoms with Crippen molar-refractivity contribution >= 4 is 29.9 Å². The molecule has 1 saturated heterocycles. The zero-order chi connectivity index (χ0) is 22.1. The molecule has 1 aromatic carbocycles. The number of aliphatic imine (C=N–C) groups is 1. The first kappa shape index (κ1) is 26.4. The minimum atomic E-state index is 0. The lowest BCUT2D eigenvalue weighted by atomic mass is 10.1. The van der Waals surface area contributed by atoms with Crippen LogP contribution in [0.3, 0.4) is 0 Å². The van der Waals surface area contributed by atoms with Crippen molar-refractivity contribution in [3.05, 3.63) is 41.0 Å². The summed E-state index contributed by atoms with van der Waals surface area (Å²) in [5.41, 5.74) is 2.27. The molecule has 2 N–H and O–H groups in total. The summed E-state index contributed by atoms with van der Waals surface area (Å²) in [6.45, 7) is 9.00. The molecule has 2 aromatic rings. The second-order valence-electron chi connectivity index (χ2n) is 8.21. The predicted octanol–water partition coefficient (Wildman–Crippen LogP) is 3.98. The first-order valence-corrected chi connectivity index (χ1v) is 11.2. The molecule has 3 rings (SSSR count). The zero-order valence-corrected chi connectivity index (χ0v) is 21.8. The highest BCUT2D eigenvalue weighted by Gasteiger charge is 2.17. The smallest absolute Gasteiger partial charge is 0.226 e. The molecule has 1 aliphatic heterocycles. The molecule has 1 atom stereocenters. The van der Waals surface area contributed by atoms with Crippen molar-refractivity contribution in [1.29, 1.82) is 0 Å². The van der Waals surface area contributed by atoms with Gasteiger partial charge in [-0.3, -0.25) is 4.99 Å². The van der Waals surface area contributed by atoms with Gasteiger partial charge >= 0.3 is 0 Å². The first-order valence-electron chi connectivity index (χ1n) is 11.2. The Kier molecular flexibility index (Phi) is 11.2. The van der Waals surface area contributed by atoms with Crippen LogP contribution in [0.15, 0.2) is 27.7 Å². The molecule has 0 saturated carbocycles. The van der Waals surface area contributed by atoms with Gasteiger partial charge in [0.25, 0.3) is 0 Å². The van der Waals surface area contributed by atoms with Crippen molar-refractivity contribution < 1.29 is 14.0 Å². The number of nitrogens with one attached hydrogen (secondary N) is 2. The zero-order valence-electron chi connectivity index (χ0n) is 19.5. The Morgan fingerprint density at radius 3 is 2.84 bits per heavy atom. The minimum absolute atomic E-state index is 0. The normalized spacial score (nSPS) is 16.2. The number of halogens is 1. The third-order valence-corrected chi connectivity index (χ3v) is 5.20. The molecule has 0 amide bonds. The molecule has 1 unspecified atom stereocenters. The summed E-state index contributed by atoms with van der Waals surface area (Å²) in [5.74, 6) is 3.37. The van der Waals surface area contributed by atoms with E-state index in [1.807, 2.05) is 0 Å². The van der Waals surface area contributed by atoms with Gasteiger partial charge in [0.1, 0.15) is 12.4 Å². The van der Waals surface area contributed by atoms with Crippen LogP contribution >= 0.6 is 24.0 Å². The predicted molar refractivity (Wildman–Crippen MR) is 136 cm³/mol. The SMILES string of the molecule is CN=C(NCCCc1nc(C(C)C)no1)NCc1ccc(C)cc1OCC1CCCO1.I. The van der Waals surface area contributed by atoms with Crippen LogP contribution in [0, 0.1) is 6.92 Å². The molecule has 0 spiro atoms. The van der Waals surface area contributed by atoms with E-state index in [-0.39, 0.29) is 36.0 Å². The van der Waals surface area contributed by atoms with E-state index in [9.17, 15) is 0 Å². The summed E-state index contributed by atoms with van der Waals surface area (Å²) >= 11 is 0. The van der Waals surface area contributed by atoms with Gasteiger partial charge in [-0.1, -0.05) is 31.1 Å². The fourth-order valence-corrected chi connectivity index (χ4v) is 3.35. The number of nitrogens with zero attached hydrogens (tertiary/aromatic N) is 3. The Balaban J connectivity index is 0.00000363. The molecule has 9 heteroatoms. The Morgan fingerprint density at radius 1 is 1.31 bits per heavy atom. The Hall–Kier alpha value is -1.88. The number of guanidine groups is 1. The summed E-state index contributed by atoms with van der Waals surface area (Å²) in [7, 11) is 1.77. The number of hydrogen-bond acceptors (Lipinski definition) is 6. The minimum Gasteiger partial charge on any atom is -0.491 e. The van der Waals surface area contributed by atoms with E-state index in [0.717, 1.165) is 61.9 Å². The Bertz CT molecular complexity index is 850. The Morgan fingerprint density at radius 2 is 2.16 bits per heavy atom. The van der Waals surface area contributed by atoms with Crippen LogP contribution in [0.25, 0.3) is 0 Å². The van der Waals surface area contributed by atoms with Crippen molar-refractivity contribution in [2.45, 2.75) is 65.0 Å². The van der Waals surface area contributed by atoms with Gasteiger partial charge in [0.15, 0.2) is 11.8 Å². The highest BCUT2D eigenvalue weighted by molar-refractivity contribution is 14.0. The average molecular weight is 557 g/mol. The molecule has 32 heavy (non-hydrogen) atoms. The molecular formula is C23H36IN5O3. The van der Waals surface area contributed by atoms with E-state index in [1.54, 1.807) is 7.05 Å². The molecule has 1 aromatic heterocycles. The van der Waals surface area contributed by atoms with E-state index < -0.39 is 0 Å². The number of benzene rings is 1. The topological polar surface area (TPSA) is 93.8 Å². The lowest BCUT2D eigenvalue weighted by Crippen LogP contribution is -2.37. The van der Waals surface area contributed by atoms with E-state index in [2.05, 4.69) is 64.7 Å². The van der Waals surface area contributed by atoms with Crippen LogP contribution in [-0.2, 0) is 17.7 Å². The lowest BCUT2D eigenvalue weighted by Gasteiger charge is -2.17. The van der Waals surface area contributed by atoms with Crippen LogP contribution in [0.4, 0.5) is 0 Å². The molecular weight excluding hydrogens is 521 g/mol. The average Bonchev–Trinajstić information content (AvgIpc) is 3.45. The summed E-state index contributed by atoms with van der Waals surface area (Å²) in [5, 5.41) is 10.7. The second-order valence-corrected chi connectivity index (χ2v) is 8.21. The highest BCUT2D eigenvalue weighted by atomic mass is 127. The fraction of sp³-hybridized carbons (Fsp3) is 0.609. The lowest BCUT2D eigenvalue weighted by molar-refractivity contribution is 0.0676. The van der Waals surface area contributed by atoms with Crippen LogP contribution in [0.2, 0.25) is 0 Å². The van der Waals surface area contributed by atoms with Crippen molar-refractivity contribution in [2.75, 3.05) is 26.8 Å². The summed E-state index contributed by atoms with van der Waals surface area (Å²) in [6, 6.07) is 6.28. The maximum absolute atomic E-state index is 6.09. The largest absolute Gasteiger partial charge is 0.491 e. The third-order valence-electron chi connectivity index (χ3n) is 5.20. The third kappa shape index (κ3) is 8.23. The highest BCUT2D eigenvalue weighted by Crippen LogP contribution is 2.22. The molecule has 1 aliphatic rings. The molecule has 0 aliphatic carbocycles. The number of ether oxygens (including phenoxy) is 2. The Labute approximate surface area is 208 Å². The first-order chi connectivity index (χ1) is 15.0. The van der Waals surface area contributed by atoms with E-state index >= 15 is 0 Å². The standard InChI is InChI=1S/C23H35N5O3.HI/c1-16(2)22-27-21(31-28-22)8-5-11-25-23(24-4)26-14-18-10-9-17(3)13-20(18)30-15-19-7-6-12-29-19;/h9-10,13,16,19H,5-8,11-12,14-15H2,1-4H3,(H2,24,25,26);1H. The van der Waals surface area contributed by atoms with Gasteiger partial charge in [-0.25, -0.2) is 0 Å². The van der Waals surface area contributed by atoms with Crippen molar-refractivity contribution in [3.8, 4) is 5.75 Å². The molecule has 8 nitrogen and oxygen atoms in total. The van der Waals surface area contributed by atoms with Crippen molar-refractivity contribution in [1.82, 2.24) is 20.8 Å². The molecule has 0 radical (unpaired) electrons. The van der Waals surface area contributed by atoms with Gasteiger partial charge in [0, 0.05) is 44.6 Å². The summed E-state index contributed by atoms with van der Waals surface area (Å²) in [4.78, 5) is 8.72. The van der Waals surface area contributed by atoms with Crippen molar-refractivity contribution in [2.24, 2.45) is 4.99 Å². The van der Waals surface area contributed by atoms with Gasteiger partial charge in [0.2, 0.25) is 5.89 Å². The number of rotatable bonds is 10. The fourth-order valence-electron chi connectivity index (χ4n) is 3.35. The van der Waals surface area contributed by atoms with Crippen molar-refractivity contribution in [3.63, 3.8) is 0 Å². The molecule has 2 heterocycles. The van der Waals surface area contributed by atoms with Crippen LogP contribution in [-0.4, -0.2) is 49.0 Å². The van der Waals surface area contributed by atoms with Gasteiger partial charge in [0.05, 0.1) is 6.10 Å². The molecule has 178 valence electrons. The van der Waals surface area contributed by atoms with Gasteiger partial charge in [-0.15, -0.1) is 24.0 Å². The summed E-state index contributed by atoms with van der Waals surface area (Å²) in [6.07, 6.45) is 4.00. The monoisotopic (exact) mass is 557 g/mol. The number of hydrogen-bond donors (Lipinski definition) is 2. The molecule has 0 bridgehead atoms. The van der Waals surface area contributed by atoms with Gasteiger partial charge in [-0.2, -0.15) is 4.98 Å². The van der Waals surface area contributed by atoms with Gasteiger partial charge < -0.3 is 24.6 Å². The summed E-state index contributed by atoms with van der Waals surface area (Å²) < 4.78 is 17.1. The number of aryl methyl sites for hydroxylation is 2. The quantitative estimate of drug-likeness (QED) is 0.198. The van der Waals surface area contributed by atoms with E-state index in [0.29, 0.717) is 19.0 Å². The van der Waals surface area contributed by atoms with Crippen LogP contribution < -0.4 is 15.4 Å². The second kappa shape index (κ2) is 13.6.